The summed E-state index contributed by atoms with van der Waals surface area (Å²) in [5.74, 6) is 0.119. The lowest BCUT2D eigenvalue weighted by molar-refractivity contribution is -0.119. The van der Waals surface area contributed by atoms with Crippen LogP contribution < -0.4 is 5.32 Å². The van der Waals surface area contributed by atoms with Crippen molar-refractivity contribution in [2.75, 3.05) is 39.8 Å². The van der Waals surface area contributed by atoms with Crippen LogP contribution in [0.2, 0.25) is 10.0 Å². The van der Waals surface area contributed by atoms with E-state index in [1.54, 1.807) is 11.8 Å². The molecular formula is C32H37Cl2N3O2. The average Bonchev–Trinajstić information content (AvgIpc) is 2.96. The standard InChI is InChI=1S/C32H37Cl2N3O2/c1-24(38)35-23-32(28-11-7-4-8-12-28)16-19-37(20-17-32)18-15-27(26-13-14-29(33)30(34)21-26)22-36(2)31(39)25-9-5-3-6-10-25/h3-14,21,27H,15-20,22-23H2,1-2H3,(H,35,38). The van der Waals surface area contributed by atoms with Crippen LogP contribution in [-0.2, 0) is 10.2 Å². The molecule has 0 aromatic heterocycles. The number of amides is 2. The van der Waals surface area contributed by atoms with E-state index in [2.05, 4.69) is 34.5 Å². The van der Waals surface area contributed by atoms with Gasteiger partial charge >= 0.3 is 0 Å². The zero-order chi connectivity index (χ0) is 27.8. The zero-order valence-electron chi connectivity index (χ0n) is 22.7. The van der Waals surface area contributed by atoms with Crippen molar-refractivity contribution < 1.29 is 9.59 Å². The molecule has 1 fully saturated rings. The van der Waals surface area contributed by atoms with Crippen LogP contribution in [0.25, 0.3) is 0 Å². The van der Waals surface area contributed by atoms with Gasteiger partial charge in [-0.15, -0.1) is 0 Å². The summed E-state index contributed by atoms with van der Waals surface area (Å²) >= 11 is 12.6. The summed E-state index contributed by atoms with van der Waals surface area (Å²) in [7, 11) is 1.86. The molecule has 0 saturated carbocycles. The molecule has 0 bridgehead atoms. The predicted octanol–water partition coefficient (Wildman–Crippen LogP) is 6.41. The normalized spacial score (nSPS) is 15.9. The molecule has 1 heterocycles. The number of hydrogen-bond donors (Lipinski definition) is 1. The largest absolute Gasteiger partial charge is 0.355 e. The molecule has 1 aliphatic rings. The van der Waals surface area contributed by atoms with Crippen molar-refractivity contribution in [1.29, 1.82) is 0 Å². The first-order valence-electron chi connectivity index (χ1n) is 13.6. The lowest BCUT2D eigenvalue weighted by Crippen LogP contribution is -2.49. The molecule has 39 heavy (non-hydrogen) atoms. The van der Waals surface area contributed by atoms with Crippen LogP contribution in [0.3, 0.4) is 0 Å². The van der Waals surface area contributed by atoms with Gasteiger partial charge in [0.15, 0.2) is 0 Å². The number of likely N-dealkylation sites (N-methyl/N-ethyl adjacent to an activating group) is 1. The van der Waals surface area contributed by atoms with E-state index in [1.807, 2.05) is 61.6 Å². The molecule has 1 N–H and O–H groups in total. The number of rotatable bonds is 10. The first-order valence-corrected chi connectivity index (χ1v) is 14.3. The van der Waals surface area contributed by atoms with Crippen LogP contribution in [0.1, 0.15) is 53.6 Å². The fourth-order valence-corrected chi connectivity index (χ4v) is 5.85. The number of hydrogen-bond acceptors (Lipinski definition) is 3. The van der Waals surface area contributed by atoms with E-state index < -0.39 is 0 Å². The van der Waals surface area contributed by atoms with Gasteiger partial charge < -0.3 is 15.1 Å². The zero-order valence-corrected chi connectivity index (χ0v) is 24.2. The van der Waals surface area contributed by atoms with Crippen LogP contribution in [0.4, 0.5) is 0 Å². The topological polar surface area (TPSA) is 52.7 Å². The highest BCUT2D eigenvalue weighted by Gasteiger charge is 2.36. The van der Waals surface area contributed by atoms with Gasteiger partial charge in [-0.1, -0.05) is 77.8 Å². The number of benzene rings is 3. The number of nitrogens with one attached hydrogen (secondary N) is 1. The monoisotopic (exact) mass is 565 g/mol. The van der Waals surface area contributed by atoms with E-state index in [9.17, 15) is 9.59 Å². The minimum Gasteiger partial charge on any atom is -0.355 e. The summed E-state index contributed by atoms with van der Waals surface area (Å²) in [4.78, 5) is 29.1. The molecular weight excluding hydrogens is 529 g/mol. The number of carbonyl (C=O) groups excluding carboxylic acids is 2. The van der Waals surface area contributed by atoms with Crippen molar-refractivity contribution in [1.82, 2.24) is 15.1 Å². The summed E-state index contributed by atoms with van der Waals surface area (Å²) in [6.45, 7) is 5.61. The smallest absolute Gasteiger partial charge is 0.253 e. The van der Waals surface area contributed by atoms with Gasteiger partial charge in [0.1, 0.15) is 0 Å². The highest BCUT2D eigenvalue weighted by molar-refractivity contribution is 6.42. The van der Waals surface area contributed by atoms with E-state index in [-0.39, 0.29) is 23.1 Å². The van der Waals surface area contributed by atoms with Crippen molar-refractivity contribution in [3.63, 3.8) is 0 Å². The predicted molar refractivity (Wildman–Crippen MR) is 160 cm³/mol. The van der Waals surface area contributed by atoms with Crippen LogP contribution in [0, 0.1) is 0 Å². The molecule has 206 valence electrons. The third-order valence-electron chi connectivity index (χ3n) is 7.95. The van der Waals surface area contributed by atoms with E-state index in [4.69, 9.17) is 23.2 Å². The van der Waals surface area contributed by atoms with Gasteiger partial charge in [-0.05, 0) is 74.3 Å². The lowest BCUT2D eigenvalue weighted by atomic mass is 9.72. The Morgan fingerprint density at radius 1 is 0.949 bits per heavy atom. The van der Waals surface area contributed by atoms with E-state index >= 15 is 0 Å². The molecule has 7 heteroatoms. The molecule has 0 aliphatic carbocycles. The third kappa shape index (κ3) is 7.63. The molecule has 3 aromatic rings. The summed E-state index contributed by atoms with van der Waals surface area (Å²) in [5, 5.41) is 4.13. The fourth-order valence-electron chi connectivity index (χ4n) is 5.54. The number of nitrogens with zero attached hydrogens (tertiary/aromatic N) is 2. The summed E-state index contributed by atoms with van der Waals surface area (Å²) in [6, 6.07) is 25.7. The Kier molecular flexibility index (Phi) is 10.1. The van der Waals surface area contributed by atoms with E-state index in [1.165, 1.54) is 5.56 Å². The van der Waals surface area contributed by atoms with Gasteiger partial charge in [-0.3, -0.25) is 9.59 Å². The Hall–Kier alpha value is -2.86. The molecule has 0 radical (unpaired) electrons. The highest BCUT2D eigenvalue weighted by atomic mass is 35.5. The van der Waals surface area contributed by atoms with Crippen molar-refractivity contribution >= 4 is 35.0 Å². The third-order valence-corrected chi connectivity index (χ3v) is 8.68. The van der Waals surface area contributed by atoms with Crippen LogP contribution in [-0.4, -0.2) is 61.4 Å². The van der Waals surface area contributed by atoms with Crippen LogP contribution >= 0.6 is 23.2 Å². The summed E-state index contributed by atoms with van der Waals surface area (Å²) < 4.78 is 0. The number of halogens is 2. The molecule has 2 amide bonds. The highest BCUT2D eigenvalue weighted by Crippen LogP contribution is 2.36. The van der Waals surface area contributed by atoms with Crippen LogP contribution in [0.5, 0.6) is 0 Å². The van der Waals surface area contributed by atoms with Crippen molar-refractivity contribution in [3.05, 3.63) is 106 Å². The minimum absolute atomic E-state index is 0.00393. The second-order valence-electron chi connectivity index (χ2n) is 10.6. The first kappa shape index (κ1) is 29.1. The summed E-state index contributed by atoms with van der Waals surface area (Å²) in [5.41, 5.74) is 2.99. The Labute approximate surface area is 242 Å². The van der Waals surface area contributed by atoms with Crippen LogP contribution in [0.15, 0.2) is 78.9 Å². The number of carbonyl (C=O) groups is 2. The molecule has 4 rings (SSSR count). The van der Waals surface area contributed by atoms with Crippen molar-refractivity contribution in [2.24, 2.45) is 0 Å². The van der Waals surface area contributed by atoms with Gasteiger partial charge in [-0.2, -0.15) is 0 Å². The molecule has 1 aliphatic heterocycles. The second-order valence-corrected chi connectivity index (χ2v) is 11.4. The van der Waals surface area contributed by atoms with Crippen molar-refractivity contribution in [2.45, 2.75) is 37.5 Å². The lowest BCUT2D eigenvalue weighted by Gasteiger charge is -2.43. The van der Waals surface area contributed by atoms with Gasteiger partial charge in [0, 0.05) is 44.0 Å². The van der Waals surface area contributed by atoms with Gasteiger partial charge in [0.2, 0.25) is 5.91 Å². The maximum atomic E-state index is 13.1. The number of piperidine rings is 1. The maximum Gasteiger partial charge on any atom is 0.253 e. The molecule has 5 nitrogen and oxygen atoms in total. The number of likely N-dealkylation sites (tertiary alicyclic amines) is 1. The Balaban J connectivity index is 1.44. The maximum absolute atomic E-state index is 13.1. The Morgan fingerprint density at radius 2 is 1.59 bits per heavy atom. The summed E-state index contributed by atoms with van der Waals surface area (Å²) in [6.07, 6.45) is 2.83. The Bertz CT molecular complexity index is 1240. The molecule has 1 saturated heterocycles. The second kappa shape index (κ2) is 13.5. The molecule has 0 spiro atoms. The molecule has 1 unspecified atom stereocenters. The average molecular weight is 567 g/mol. The Morgan fingerprint density at radius 3 is 2.21 bits per heavy atom. The fraction of sp³-hybridized carbons (Fsp3) is 0.375. The van der Waals surface area contributed by atoms with Crippen molar-refractivity contribution in [3.8, 4) is 0 Å². The molecule has 1 atom stereocenters. The van der Waals surface area contributed by atoms with Gasteiger partial charge in [0.05, 0.1) is 10.0 Å². The SMILES string of the molecule is CC(=O)NCC1(c2ccccc2)CCN(CCC(CN(C)C(=O)c2ccccc2)c2ccc(Cl)c(Cl)c2)CC1. The van der Waals surface area contributed by atoms with E-state index in [0.29, 0.717) is 28.7 Å². The minimum atomic E-state index is -0.0607. The molecule has 3 aromatic carbocycles. The van der Waals surface area contributed by atoms with Gasteiger partial charge in [0.25, 0.3) is 5.91 Å². The van der Waals surface area contributed by atoms with Gasteiger partial charge in [-0.25, -0.2) is 0 Å². The quantitative estimate of drug-likeness (QED) is 0.309. The first-order chi connectivity index (χ1) is 18.8. The van der Waals surface area contributed by atoms with E-state index in [0.717, 1.165) is 44.5 Å².